The second-order valence-electron chi connectivity index (χ2n) is 7.64. The molecule has 0 aromatic carbocycles. The molecule has 12 heteroatoms. The maximum atomic E-state index is 12.3. The molecule has 2 fully saturated rings. The highest BCUT2D eigenvalue weighted by molar-refractivity contribution is 5.83. The fourth-order valence-corrected chi connectivity index (χ4v) is 3.42. The smallest absolute Gasteiger partial charge is 0.410 e. The summed E-state index contributed by atoms with van der Waals surface area (Å²) in [6.45, 7) is 2.37. The van der Waals surface area contributed by atoms with E-state index in [9.17, 15) is 14.7 Å². The number of nitrogens with one attached hydrogen (secondary N) is 1. The third kappa shape index (κ3) is 4.44. The topological polar surface area (TPSA) is 158 Å². The first kappa shape index (κ1) is 21.8. The van der Waals surface area contributed by atoms with Crippen LogP contribution in [0.1, 0.15) is 38.2 Å². The van der Waals surface area contributed by atoms with Crippen molar-refractivity contribution in [3.63, 3.8) is 0 Å². The Labute approximate surface area is 184 Å². The number of ether oxygens (including phenoxy) is 2. The van der Waals surface area contributed by atoms with Gasteiger partial charge in [-0.3, -0.25) is 14.3 Å². The van der Waals surface area contributed by atoms with Crippen molar-refractivity contribution in [1.29, 1.82) is 0 Å². The predicted molar refractivity (Wildman–Crippen MR) is 112 cm³/mol. The van der Waals surface area contributed by atoms with E-state index in [1.165, 1.54) is 22.9 Å². The number of nitrogens with two attached hydrogens (primary N) is 1. The minimum atomic E-state index is -0.925. The number of aliphatic hydroxyl groups is 1. The number of rotatable bonds is 5. The lowest BCUT2D eigenvalue weighted by Gasteiger charge is -2.17. The Kier molecular flexibility index (Phi) is 6.11. The monoisotopic (exact) mass is 443 g/mol. The molecule has 1 aliphatic carbocycles. The van der Waals surface area contributed by atoms with Crippen LogP contribution in [-0.2, 0) is 14.3 Å². The molecule has 170 valence electrons. The molecule has 0 spiro atoms. The lowest BCUT2D eigenvalue weighted by Crippen LogP contribution is -2.35. The molecule has 2 amide bonds. The maximum Gasteiger partial charge on any atom is 0.410 e. The fourth-order valence-electron chi connectivity index (χ4n) is 3.42. The van der Waals surface area contributed by atoms with Crippen LogP contribution in [0.3, 0.4) is 0 Å². The van der Waals surface area contributed by atoms with Crippen molar-refractivity contribution in [2.75, 3.05) is 25.9 Å². The van der Waals surface area contributed by atoms with Crippen molar-refractivity contribution in [3.05, 3.63) is 12.2 Å². The number of imidazole rings is 1. The van der Waals surface area contributed by atoms with Crippen LogP contribution in [0.5, 0.6) is 0 Å². The van der Waals surface area contributed by atoms with E-state index in [1.807, 2.05) is 6.92 Å². The minimum absolute atomic E-state index is 0.119. The Bertz CT molecular complexity index is 1090. The molecule has 1 saturated heterocycles. The fraction of sp³-hybridized carbons (Fsp3) is 0.550. The molecule has 4 N–H and O–H groups in total. The quantitative estimate of drug-likeness (QED) is 0.531. The first-order chi connectivity index (χ1) is 15.4. The van der Waals surface area contributed by atoms with Gasteiger partial charge >= 0.3 is 6.09 Å². The number of hydrogen-bond donors (Lipinski definition) is 3. The number of amides is 2. The highest BCUT2D eigenvalue weighted by atomic mass is 16.5. The molecule has 0 radical (unpaired) electrons. The van der Waals surface area contributed by atoms with E-state index in [0.29, 0.717) is 17.7 Å². The normalized spacial score (nSPS) is 22.3. The summed E-state index contributed by atoms with van der Waals surface area (Å²) in [6, 6.07) is 0.202. The van der Waals surface area contributed by atoms with Crippen LogP contribution in [0.2, 0.25) is 0 Å². The highest BCUT2D eigenvalue weighted by Crippen LogP contribution is 2.32. The molecule has 3 heterocycles. The molecule has 2 aliphatic rings. The number of methoxy groups -OCH3 is 1. The number of carbonyl (C=O) groups is 2. The zero-order chi connectivity index (χ0) is 22.8. The summed E-state index contributed by atoms with van der Waals surface area (Å²) in [6.07, 6.45) is 0.520. The first-order valence-corrected chi connectivity index (χ1v) is 10.4. The van der Waals surface area contributed by atoms with Gasteiger partial charge in [-0.25, -0.2) is 19.7 Å². The zero-order valence-electron chi connectivity index (χ0n) is 17.8. The van der Waals surface area contributed by atoms with Crippen molar-refractivity contribution in [3.8, 4) is 11.8 Å². The Hall–Kier alpha value is -3.43. The van der Waals surface area contributed by atoms with Gasteiger partial charge in [-0.1, -0.05) is 5.92 Å². The number of fused-ring (bicyclic) bond motifs is 1. The lowest BCUT2D eigenvalue weighted by molar-refractivity contribution is -0.134. The van der Waals surface area contributed by atoms with Crippen molar-refractivity contribution < 1.29 is 24.2 Å². The van der Waals surface area contributed by atoms with Crippen LogP contribution in [0.25, 0.3) is 11.2 Å². The summed E-state index contributed by atoms with van der Waals surface area (Å²) in [5.41, 5.74) is 6.69. The molecule has 2 aromatic heterocycles. The number of carbonyl (C=O) groups excluding carboxylic acids is 2. The second kappa shape index (κ2) is 8.97. The summed E-state index contributed by atoms with van der Waals surface area (Å²) in [5.74, 6) is 5.63. The van der Waals surface area contributed by atoms with Crippen LogP contribution in [0, 0.1) is 11.8 Å². The molecule has 32 heavy (non-hydrogen) atoms. The van der Waals surface area contributed by atoms with Crippen molar-refractivity contribution in [1.82, 2.24) is 29.7 Å². The predicted octanol–water partition coefficient (Wildman–Crippen LogP) is -0.225. The van der Waals surface area contributed by atoms with Gasteiger partial charge in [-0.05, 0) is 25.7 Å². The van der Waals surface area contributed by atoms with E-state index >= 15 is 0 Å². The molecule has 3 unspecified atom stereocenters. The number of aliphatic hydroxyl groups excluding tert-OH is 1. The molecule has 3 atom stereocenters. The minimum Gasteiger partial charge on any atom is -0.453 e. The largest absolute Gasteiger partial charge is 0.453 e. The molecule has 12 nitrogen and oxygen atoms in total. The molecule has 0 bridgehead atoms. The average molecular weight is 443 g/mol. The molecule has 2 aromatic rings. The van der Waals surface area contributed by atoms with Gasteiger partial charge < -0.3 is 25.6 Å². The Balaban J connectivity index is 1.55. The Morgan fingerprint density at radius 3 is 2.91 bits per heavy atom. The number of anilines is 1. The number of nitrogens with zero attached hydrogens (tertiary/aromatic N) is 5. The van der Waals surface area contributed by atoms with E-state index in [4.69, 9.17) is 15.2 Å². The molecular weight excluding hydrogens is 418 g/mol. The molecule has 4 rings (SSSR count). The lowest BCUT2D eigenvalue weighted by atomic mass is 10.2. The van der Waals surface area contributed by atoms with Crippen molar-refractivity contribution in [2.45, 2.75) is 50.7 Å². The summed E-state index contributed by atoms with van der Waals surface area (Å²) >= 11 is 0. The maximum absolute atomic E-state index is 12.3. The first-order valence-electron chi connectivity index (χ1n) is 10.4. The van der Waals surface area contributed by atoms with Gasteiger partial charge in [0, 0.05) is 19.0 Å². The highest BCUT2D eigenvalue weighted by Gasteiger charge is 2.41. The van der Waals surface area contributed by atoms with Gasteiger partial charge in [0.25, 0.3) is 0 Å². The summed E-state index contributed by atoms with van der Waals surface area (Å²) in [4.78, 5) is 38.2. The molecular formula is C20H25N7O5. The zero-order valence-corrected chi connectivity index (χ0v) is 17.8. The number of aromatic nitrogens is 4. The van der Waals surface area contributed by atoms with E-state index in [1.54, 1.807) is 0 Å². The van der Waals surface area contributed by atoms with E-state index in [0.717, 1.165) is 12.8 Å². The standard InChI is InChI=1S/C20H25N7O5/c1-3-26(20(30)31-2)8-4-5-14-24-16(21)15-17(25-14)27(10-22-15)19-12(28)9-13(32-19)18(29)23-11-6-7-11/h10-13,19,28H,3,6-9H2,1-2H3,(H,23,29)(H2,21,24,25). The van der Waals surface area contributed by atoms with Crippen LogP contribution >= 0.6 is 0 Å². The van der Waals surface area contributed by atoms with E-state index in [2.05, 4.69) is 32.1 Å². The summed E-state index contributed by atoms with van der Waals surface area (Å²) in [7, 11) is 1.30. The van der Waals surface area contributed by atoms with Gasteiger partial charge in [-0.15, -0.1) is 0 Å². The van der Waals surface area contributed by atoms with Gasteiger partial charge in [0.15, 0.2) is 17.7 Å². The second-order valence-corrected chi connectivity index (χ2v) is 7.64. The summed E-state index contributed by atoms with van der Waals surface area (Å²) < 4.78 is 12.1. The third-order valence-corrected chi connectivity index (χ3v) is 5.31. The Morgan fingerprint density at radius 1 is 1.44 bits per heavy atom. The van der Waals surface area contributed by atoms with Crippen LogP contribution in [0.4, 0.5) is 10.6 Å². The SMILES string of the molecule is CCN(CC#Cc1nc(N)c2ncn(C3OC(C(=O)NC4CC4)CC3O)c2n1)C(=O)OC. The third-order valence-electron chi connectivity index (χ3n) is 5.31. The number of nitrogen functional groups attached to an aromatic ring is 1. The van der Waals surface area contributed by atoms with Gasteiger partial charge in [-0.2, -0.15) is 0 Å². The number of hydrogen-bond acceptors (Lipinski definition) is 9. The van der Waals surface area contributed by atoms with Gasteiger partial charge in [0.2, 0.25) is 11.7 Å². The molecule has 1 aliphatic heterocycles. The van der Waals surface area contributed by atoms with Crippen LogP contribution < -0.4 is 11.1 Å². The van der Waals surface area contributed by atoms with Crippen molar-refractivity contribution in [2.24, 2.45) is 0 Å². The summed E-state index contributed by atoms with van der Waals surface area (Å²) in [5, 5.41) is 13.4. The average Bonchev–Trinajstić information content (AvgIpc) is 3.35. The van der Waals surface area contributed by atoms with Gasteiger partial charge in [0.05, 0.1) is 20.0 Å². The van der Waals surface area contributed by atoms with Crippen molar-refractivity contribution >= 4 is 29.0 Å². The van der Waals surface area contributed by atoms with E-state index in [-0.39, 0.29) is 36.6 Å². The Morgan fingerprint density at radius 2 is 2.22 bits per heavy atom. The van der Waals surface area contributed by atoms with E-state index < -0.39 is 24.5 Å². The van der Waals surface area contributed by atoms with Gasteiger partial charge in [0.1, 0.15) is 17.7 Å². The van der Waals surface area contributed by atoms with Crippen LogP contribution in [-0.4, -0.2) is 80.0 Å². The molecule has 1 saturated carbocycles. The van der Waals surface area contributed by atoms with Crippen LogP contribution in [0.15, 0.2) is 6.33 Å².